The minimum absolute atomic E-state index is 0.0870. The van der Waals surface area contributed by atoms with E-state index in [9.17, 15) is 23.2 Å². The van der Waals surface area contributed by atoms with E-state index in [4.69, 9.17) is 16.3 Å². The molecule has 1 N–H and O–H groups in total. The van der Waals surface area contributed by atoms with Crippen molar-refractivity contribution in [1.29, 1.82) is 0 Å². The average molecular weight is 453 g/mol. The first-order chi connectivity index (χ1) is 14.3. The van der Waals surface area contributed by atoms with Crippen LogP contribution in [0.25, 0.3) is 6.08 Å². The molecule has 0 aliphatic carbocycles. The van der Waals surface area contributed by atoms with Crippen LogP contribution >= 0.6 is 23.4 Å². The van der Waals surface area contributed by atoms with E-state index in [0.717, 1.165) is 17.0 Å². The van der Waals surface area contributed by atoms with Gasteiger partial charge in [0, 0.05) is 16.7 Å². The van der Waals surface area contributed by atoms with Crippen LogP contribution in [0.2, 0.25) is 5.02 Å². The van der Waals surface area contributed by atoms with E-state index in [1.807, 2.05) is 0 Å². The molecule has 3 rings (SSSR count). The maximum atomic E-state index is 13.7. The standard InChI is InChI=1S/C20H15ClF2N2O4S/c1-2-29-16-6-3-12(21)7-11(16)8-17-19(27)25(20(28)30-17)10-18(26)24-15-5-4-13(22)9-14(15)23/h3-9H,2,10H2,1H3,(H,24,26)/b17-8+. The van der Waals surface area contributed by atoms with E-state index in [2.05, 4.69) is 5.32 Å². The Labute approximate surface area is 179 Å². The lowest BCUT2D eigenvalue weighted by atomic mass is 10.2. The molecule has 156 valence electrons. The topological polar surface area (TPSA) is 75.7 Å². The molecule has 6 nitrogen and oxygen atoms in total. The smallest absolute Gasteiger partial charge is 0.294 e. The molecule has 0 spiro atoms. The Bertz CT molecular complexity index is 1060. The Morgan fingerprint density at radius 2 is 2.00 bits per heavy atom. The lowest BCUT2D eigenvalue weighted by molar-refractivity contribution is -0.127. The Kier molecular flexibility index (Phi) is 6.73. The maximum absolute atomic E-state index is 13.7. The average Bonchev–Trinajstić information content (AvgIpc) is 2.94. The van der Waals surface area contributed by atoms with Crippen LogP contribution in [0.1, 0.15) is 12.5 Å². The van der Waals surface area contributed by atoms with Gasteiger partial charge in [0.05, 0.1) is 17.2 Å². The summed E-state index contributed by atoms with van der Waals surface area (Å²) in [5.41, 5.74) is 0.247. The van der Waals surface area contributed by atoms with Crippen LogP contribution in [0.3, 0.4) is 0 Å². The minimum atomic E-state index is -0.971. The van der Waals surface area contributed by atoms with E-state index in [-0.39, 0.29) is 10.6 Å². The van der Waals surface area contributed by atoms with Crippen LogP contribution in [-0.4, -0.2) is 35.1 Å². The van der Waals surface area contributed by atoms with E-state index >= 15 is 0 Å². The first-order valence-electron chi connectivity index (χ1n) is 8.71. The van der Waals surface area contributed by atoms with Crippen molar-refractivity contribution in [2.45, 2.75) is 6.92 Å². The Balaban J connectivity index is 1.75. The number of carbonyl (C=O) groups is 3. The van der Waals surface area contributed by atoms with Crippen molar-refractivity contribution in [2.24, 2.45) is 0 Å². The lowest BCUT2D eigenvalue weighted by Crippen LogP contribution is -2.36. The van der Waals surface area contributed by atoms with Gasteiger partial charge in [-0.25, -0.2) is 8.78 Å². The van der Waals surface area contributed by atoms with Crippen molar-refractivity contribution >= 4 is 52.2 Å². The van der Waals surface area contributed by atoms with Crippen molar-refractivity contribution in [3.8, 4) is 5.75 Å². The molecule has 0 unspecified atom stereocenters. The van der Waals surface area contributed by atoms with Crippen molar-refractivity contribution in [1.82, 2.24) is 4.90 Å². The molecule has 10 heteroatoms. The molecule has 0 saturated carbocycles. The molecule has 0 bridgehead atoms. The second-order valence-electron chi connectivity index (χ2n) is 6.06. The number of rotatable bonds is 6. The number of thioether (sulfide) groups is 1. The highest BCUT2D eigenvalue weighted by atomic mass is 35.5. The fourth-order valence-electron chi connectivity index (χ4n) is 2.62. The molecule has 1 heterocycles. The van der Waals surface area contributed by atoms with Gasteiger partial charge in [-0.05, 0) is 55.1 Å². The highest BCUT2D eigenvalue weighted by Gasteiger charge is 2.36. The number of nitrogens with zero attached hydrogens (tertiary/aromatic N) is 1. The van der Waals surface area contributed by atoms with Crippen LogP contribution < -0.4 is 10.1 Å². The maximum Gasteiger partial charge on any atom is 0.294 e. The van der Waals surface area contributed by atoms with E-state index in [0.29, 0.717) is 40.8 Å². The third-order valence-electron chi connectivity index (χ3n) is 3.94. The summed E-state index contributed by atoms with van der Waals surface area (Å²) in [4.78, 5) is 37.8. The molecule has 1 fully saturated rings. The number of carbonyl (C=O) groups excluding carboxylic acids is 3. The first-order valence-corrected chi connectivity index (χ1v) is 9.90. The highest BCUT2D eigenvalue weighted by Crippen LogP contribution is 2.34. The molecule has 30 heavy (non-hydrogen) atoms. The highest BCUT2D eigenvalue weighted by molar-refractivity contribution is 8.18. The summed E-state index contributed by atoms with van der Waals surface area (Å²) in [7, 11) is 0. The van der Waals surface area contributed by atoms with Crippen LogP contribution in [0, 0.1) is 11.6 Å². The molecule has 2 aromatic rings. The van der Waals surface area contributed by atoms with Gasteiger partial charge in [0.25, 0.3) is 11.1 Å². The monoisotopic (exact) mass is 452 g/mol. The number of imide groups is 1. The second kappa shape index (κ2) is 9.27. The lowest BCUT2D eigenvalue weighted by Gasteiger charge is -2.13. The number of halogens is 3. The molecule has 3 amide bonds. The summed E-state index contributed by atoms with van der Waals surface area (Å²) >= 11 is 6.66. The fourth-order valence-corrected chi connectivity index (χ4v) is 3.63. The molecule has 1 aliphatic heterocycles. The molecule has 0 aromatic heterocycles. The molecule has 2 aromatic carbocycles. The number of hydrogen-bond acceptors (Lipinski definition) is 5. The third kappa shape index (κ3) is 4.98. The van der Waals surface area contributed by atoms with Crippen LogP contribution in [0.4, 0.5) is 19.3 Å². The summed E-state index contributed by atoms with van der Waals surface area (Å²) in [6.07, 6.45) is 1.46. The largest absolute Gasteiger partial charge is 0.493 e. The summed E-state index contributed by atoms with van der Waals surface area (Å²) < 4.78 is 32.1. The van der Waals surface area contributed by atoms with Crippen molar-refractivity contribution in [2.75, 3.05) is 18.5 Å². The molecular weight excluding hydrogens is 438 g/mol. The summed E-state index contributed by atoms with van der Waals surface area (Å²) in [5.74, 6) is -2.77. The summed E-state index contributed by atoms with van der Waals surface area (Å²) in [5, 5.41) is 1.98. The van der Waals surface area contributed by atoms with Gasteiger partial charge < -0.3 is 10.1 Å². The molecule has 1 aliphatic rings. The SMILES string of the molecule is CCOc1ccc(Cl)cc1/C=C1/SC(=O)N(CC(=O)Nc2ccc(F)cc2F)C1=O. The van der Waals surface area contributed by atoms with E-state index in [1.54, 1.807) is 25.1 Å². The number of benzene rings is 2. The zero-order valence-electron chi connectivity index (χ0n) is 15.6. The number of amides is 3. The summed E-state index contributed by atoms with van der Waals surface area (Å²) in [6.45, 7) is 1.57. The van der Waals surface area contributed by atoms with Crippen molar-refractivity contribution in [3.63, 3.8) is 0 Å². The quantitative estimate of drug-likeness (QED) is 0.643. The fraction of sp³-hybridized carbons (Fsp3) is 0.150. The predicted molar refractivity (Wildman–Crippen MR) is 110 cm³/mol. The zero-order valence-corrected chi connectivity index (χ0v) is 17.2. The predicted octanol–water partition coefficient (Wildman–Crippen LogP) is 4.69. The minimum Gasteiger partial charge on any atom is -0.493 e. The third-order valence-corrected chi connectivity index (χ3v) is 5.08. The second-order valence-corrected chi connectivity index (χ2v) is 7.48. The van der Waals surface area contributed by atoms with Gasteiger partial charge in [0.15, 0.2) is 0 Å². The number of ether oxygens (including phenoxy) is 1. The first kappa shape index (κ1) is 21.8. The van der Waals surface area contributed by atoms with Gasteiger partial charge in [0.2, 0.25) is 5.91 Å². The van der Waals surface area contributed by atoms with Gasteiger partial charge in [0.1, 0.15) is 23.9 Å². The van der Waals surface area contributed by atoms with Gasteiger partial charge in [-0.1, -0.05) is 11.6 Å². The number of anilines is 1. The van der Waals surface area contributed by atoms with Gasteiger partial charge >= 0.3 is 0 Å². The number of nitrogens with one attached hydrogen (secondary N) is 1. The van der Waals surface area contributed by atoms with Crippen LogP contribution in [-0.2, 0) is 9.59 Å². The molecular formula is C20H15ClF2N2O4S. The summed E-state index contributed by atoms with van der Waals surface area (Å²) in [6, 6.07) is 7.50. The van der Waals surface area contributed by atoms with E-state index in [1.165, 1.54) is 6.08 Å². The molecule has 0 radical (unpaired) electrons. The van der Waals surface area contributed by atoms with Crippen LogP contribution in [0.5, 0.6) is 5.75 Å². The van der Waals surface area contributed by atoms with E-state index < -0.39 is 35.2 Å². The number of hydrogen-bond donors (Lipinski definition) is 1. The Hall–Kier alpha value is -2.91. The van der Waals surface area contributed by atoms with Gasteiger partial charge in [-0.2, -0.15) is 0 Å². The van der Waals surface area contributed by atoms with Crippen molar-refractivity contribution < 1.29 is 27.9 Å². The van der Waals surface area contributed by atoms with Crippen LogP contribution in [0.15, 0.2) is 41.3 Å². The van der Waals surface area contributed by atoms with Crippen molar-refractivity contribution in [3.05, 3.63) is 63.5 Å². The molecule has 0 atom stereocenters. The van der Waals surface area contributed by atoms with Gasteiger partial charge in [-0.3, -0.25) is 19.3 Å². The Morgan fingerprint density at radius 3 is 2.70 bits per heavy atom. The molecule has 1 saturated heterocycles. The Morgan fingerprint density at radius 1 is 1.23 bits per heavy atom. The normalized spacial score (nSPS) is 15.1. The zero-order chi connectivity index (χ0) is 21.8. The van der Waals surface area contributed by atoms with Gasteiger partial charge in [-0.15, -0.1) is 0 Å².